The van der Waals surface area contributed by atoms with Crippen molar-refractivity contribution in [1.29, 1.82) is 0 Å². The van der Waals surface area contributed by atoms with Crippen LogP contribution in [0.1, 0.15) is 30.5 Å². The molecule has 1 atom stereocenters. The molecule has 4 aromatic carbocycles. The minimum absolute atomic E-state index is 0.0706. The lowest BCUT2D eigenvalue weighted by molar-refractivity contribution is -0.140. The second-order valence-electron chi connectivity index (χ2n) is 10.7. The Morgan fingerprint density at radius 2 is 1.37 bits per heavy atom. The summed E-state index contributed by atoms with van der Waals surface area (Å²) in [5.41, 5.74) is 3.00. The summed E-state index contributed by atoms with van der Waals surface area (Å²) in [5.74, 6) is -0.806. The second kappa shape index (κ2) is 14.5. The van der Waals surface area contributed by atoms with E-state index in [4.69, 9.17) is 0 Å². The van der Waals surface area contributed by atoms with Crippen molar-refractivity contribution in [3.8, 4) is 0 Å². The van der Waals surface area contributed by atoms with E-state index in [9.17, 15) is 18.0 Å². The van der Waals surface area contributed by atoms with E-state index in [1.165, 1.54) is 17.0 Å². The first-order chi connectivity index (χ1) is 20.5. The van der Waals surface area contributed by atoms with Crippen molar-refractivity contribution >= 4 is 43.5 Å². The maximum atomic E-state index is 14.4. The van der Waals surface area contributed by atoms with E-state index in [0.29, 0.717) is 5.69 Å². The van der Waals surface area contributed by atoms with Gasteiger partial charge in [-0.15, -0.1) is 0 Å². The summed E-state index contributed by atoms with van der Waals surface area (Å²) in [6.07, 6.45) is 0.262. The van der Waals surface area contributed by atoms with Gasteiger partial charge >= 0.3 is 0 Å². The molecule has 0 fully saturated rings. The average Bonchev–Trinajstić information content (AvgIpc) is 2.99. The van der Waals surface area contributed by atoms with Gasteiger partial charge in [-0.3, -0.25) is 13.9 Å². The standard InChI is InChI=1S/C34H36BrN3O4S/c1-25(2)36-34(40)32(22-27-10-6-4-7-11-27)37(23-28-16-18-29(35)19-17-28)33(39)24-38(30-20-14-26(3)15-21-30)43(41,42)31-12-8-5-9-13-31/h4-21,25,32H,22-24H2,1-3H3,(H,36,40)/t32-/m0/s1. The van der Waals surface area contributed by atoms with Gasteiger partial charge in [0.05, 0.1) is 10.6 Å². The first-order valence-corrected chi connectivity index (χ1v) is 16.3. The number of aryl methyl sites for hydroxylation is 1. The van der Waals surface area contributed by atoms with E-state index in [0.717, 1.165) is 25.5 Å². The van der Waals surface area contributed by atoms with Gasteiger partial charge in [-0.25, -0.2) is 8.42 Å². The van der Waals surface area contributed by atoms with Crippen molar-refractivity contribution in [2.75, 3.05) is 10.8 Å². The van der Waals surface area contributed by atoms with Crippen LogP contribution >= 0.6 is 15.9 Å². The Morgan fingerprint density at radius 3 is 1.95 bits per heavy atom. The van der Waals surface area contributed by atoms with Crippen LogP contribution in [0.15, 0.2) is 119 Å². The summed E-state index contributed by atoms with van der Waals surface area (Å²) in [6, 6.07) is 31.0. The van der Waals surface area contributed by atoms with Gasteiger partial charge in [-0.05, 0) is 68.3 Å². The number of nitrogens with zero attached hydrogens (tertiary/aromatic N) is 2. The highest BCUT2D eigenvalue weighted by atomic mass is 79.9. The molecule has 2 amide bonds. The SMILES string of the molecule is Cc1ccc(N(CC(=O)N(Cc2ccc(Br)cc2)[C@@H](Cc2ccccc2)C(=O)NC(C)C)S(=O)(=O)c2ccccc2)cc1. The minimum atomic E-state index is -4.12. The third-order valence-corrected chi connectivity index (χ3v) is 9.22. The van der Waals surface area contributed by atoms with E-state index in [-0.39, 0.29) is 29.8 Å². The number of benzene rings is 4. The molecule has 0 heterocycles. The lowest BCUT2D eigenvalue weighted by Crippen LogP contribution is -2.54. The molecule has 0 aromatic heterocycles. The first kappa shape index (κ1) is 32.0. The number of rotatable bonds is 12. The quantitative estimate of drug-likeness (QED) is 0.198. The van der Waals surface area contributed by atoms with Crippen LogP contribution in [0, 0.1) is 6.92 Å². The predicted octanol–water partition coefficient (Wildman–Crippen LogP) is 6.12. The molecule has 0 unspecified atom stereocenters. The van der Waals surface area contributed by atoms with Gasteiger partial charge in [-0.1, -0.05) is 94.3 Å². The molecule has 43 heavy (non-hydrogen) atoms. The zero-order chi connectivity index (χ0) is 31.0. The average molecular weight is 663 g/mol. The summed E-state index contributed by atoms with van der Waals surface area (Å²) in [4.78, 5) is 29.7. The van der Waals surface area contributed by atoms with Crippen LogP contribution in [-0.2, 0) is 32.6 Å². The van der Waals surface area contributed by atoms with Gasteiger partial charge in [0.2, 0.25) is 11.8 Å². The highest BCUT2D eigenvalue weighted by molar-refractivity contribution is 9.10. The monoisotopic (exact) mass is 661 g/mol. The maximum absolute atomic E-state index is 14.4. The zero-order valence-corrected chi connectivity index (χ0v) is 26.9. The Bertz CT molecular complexity index is 1610. The maximum Gasteiger partial charge on any atom is 0.264 e. The number of hydrogen-bond acceptors (Lipinski definition) is 4. The van der Waals surface area contributed by atoms with Crippen molar-refractivity contribution in [3.63, 3.8) is 0 Å². The van der Waals surface area contributed by atoms with Crippen LogP contribution in [0.2, 0.25) is 0 Å². The topological polar surface area (TPSA) is 86.8 Å². The molecule has 7 nitrogen and oxygen atoms in total. The number of amides is 2. The van der Waals surface area contributed by atoms with E-state index < -0.39 is 28.5 Å². The van der Waals surface area contributed by atoms with Crippen molar-refractivity contribution in [1.82, 2.24) is 10.2 Å². The van der Waals surface area contributed by atoms with E-state index in [1.807, 2.05) is 75.4 Å². The van der Waals surface area contributed by atoms with E-state index >= 15 is 0 Å². The number of halogens is 1. The number of nitrogens with one attached hydrogen (secondary N) is 1. The Balaban J connectivity index is 1.79. The Hall–Kier alpha value is -3.95. The molecule has 0 bridgehead atoms. The van der Waals surface area contributed by atoms with Crippen LogP contribution in [-0.4, -0.2) is 43.8 Å². The molecule has 0 aliphatic heterocycles. The van der Waals surface area contributed by atoms with Gasteiger partial charge in [0, 0.05) is 23.5 Å². The van der Waals surface area contributed by atoms with Crippen LogP contribution in [0.4, 0.5) is 5.69 Å². The summed E-state index contributed by atoms with van der Waals surface area (Å²) in [6.45, 7) is 5.26. The molecule has 4 aromatic rings. The third-order valence-electron chi connectivity index (χ3n) is 6.90. The molecule has 224 valence electrons. The fourth-order valence-corrected chi connectivity index (χ4v) is 6.38. The molecule has 9 heteroatoms. The van der Waals surface area contributed by atoms with Gasteiger partial charge in [0.1, 0.15) is 12.6 Å². The number of carbonyl (C=O) groups is 2. The highest BCUT2D eigenvalue weighted by Gasteiger charge is 2.34. The summed E-state index contributed by atoms with van der Waals surface area (Å²) in [7, 11) is -4.12. The van der Waals surface area contributed by atoms with Crippen molar-refractivity contribution in [3.05, 3.63) is 130 Å². The Kier molecular flexibility index (Phi) is 10.8. The fourth-order valence-electron chi connectivity index (χ4n) is 4.68. The van der Waals surface area contributed by atoms with Gasteiger partial charge in [0.25, 0.3) is 10.0 Å². The fraction of sp³-hybridized carbons (Fsp3) is 0.235. The normalized spacial score (nSPS) is 12.0. The van der Waals surface area contributed by atoms with Crippen LogP contribution in [0.5, 0.6) is 0 Å². The molecule has 0 spiro atoms. The molecule has 0 radical (unpaired) electrons. The third kappa shape index (κ3) is 8.55. The Morgan fingerprint density at radius 1 is 0.791 bits per heavy atom. The Labute approximate surface area is 262 Å². The first-order valence-electron chi connectivity index (χ1n) is 14.1. The molecule has 0 saturated heterocycles. The van der Waals surface area contributed by atoms with E-state index in [2.05, 4.69) is 21.2 Å². The second-order valence-corrected chi connectivity index (χ2v) is 13.5. The smallest absolute Gasteiger partial charge is 0.264 e. The molecule has 0 saturated carbocycles. The van der Waals surface area contributed by atoms with Gasteiger partial charge < -0.3 is 10.2 Å². The number of anilines is 1. The predicted molar refractivity (Wildman–Crippen MR) is 174 cm³/mol. The molecular formula is C34H36BrN3O4S. The lowest BCUT2D eigenvalue weighted by Gasteiger charge is -2.34. The number of carbonyl (C=O) groups excluding carboxylic acids is 2. The van der Waals surface area contributed by atoms with Gasteiger partial charge in [-0.2, -0.15) is 0 Å². The van der Waals surface area contributed by atoms with E-state index in [1.54, 1.807) is 42.5 Å². The molecule has 0 aliphatic rings. The molecule has 0 aliphatic carbocycles. The van der Waals surface area contributed by atoms with Gasteiger partial charge in [0.15, 0.2) is 0 Å². The largest absolute Gasteiger partial charge is 0.352 e. The minimum Gasteiger partial charge on any atom is -0.352 e. The molecule has 4 rings (SSSR count). The van der Waals surface area contributed by atoms with Crippen LogP contribution < -0.4 is 9.62 Å². The lowest BCUT2D eigenvalue weighted by atomic mass is 10.0. The van der Waals surface area contributed by atoms with Crippen LogP contribution in [0.25, 0.3) is 0 Å². The highest BCUT2D eigenvalue weighted by Crippen LogP contribution is 2.25. The van der Waals surface area contributed by atoms with Crippen LogP contribution in [0.3, 0.4) is 0 Å². The zero-order valence-electron chi connectivity index (χ0n) is 24.5. The molecular weight excluding hydrogens is 626 g/mol. The summed E-state index contributed by atoms with van der Waals surface area (Å²) >= 11 is 3.45. The summed E-state index contributed by atoms with van der Waals surface area (Å²) in [5, 5.41) is 2.97. The number of hydrogen-bond donors (Lipinski definition) is 1. The van der Waals surface area contributed by atoms with Crippen molar-refractivity contribution < 1.29 is 18.0 Å². The van der Waals surface area contributed by atoms with Crippen molar-refractivity contribution in [2.24, 2.45) is 0 Å². The van der Waals surface area contributed by atoms with Crippen molar-refractivity contribution in [2.45, 2.75) is 50.7 Å². The number of sulfonamides is 1. The summed E-state index contributed by atoms with van der Waals surface area (Å²) < 4.78 is 30.0. The molecule has 1 N–H and O–H groups in total.